The minimum Gasteiger partial charge on any atom is -0.457 e. The Labute approximate surface area is 191 Å². The van der Waals surface area contributed by atoms with Gasteiger partial charge >= 0.3 is 0 Å². The van der Waals surface area contributed by atoms with Gasteiger partial charge in [-0.1, -0.05) is 124 Å². The second-order valence-corrected chi connectivity index (χ2v) is 8.89. The van der Waals surface area contributed by atoms with Crippen LogP contribution < -0.4 is 15.3 Å². The van der Waals surface area contributed by atoms with Gasteiger partial charge in [0.15, 0.2) is 0 Å². The van der Waals surface area contributed by atoms with Gasteiger partial charge in [-0.3, -0.25) is 0 Å². The molecule has 1 nitrogen and oxygen atoms in total. The summed E-state index contributed by atoms with van der Waals surface area (Å²) < 4.78 is 6.28. The lowest BCUT2D eigenvalue weighted by molar-refractivity contribution is 0.484. The van der Waals surface area contributed by atoms with Gasteiger partial charge in [0.25, 0.3) is 0 Å². The molecule has 32 heavy (non-hydrogen) atoms. The highest BCUT2D eigenvalue weighted by molar-refractivity contribution is 7.55. The Hall–Kier alpha value is -3.67. The molecule has 0 aliphatic carbocycles. The van der Waals surface area contributed by atoms with Crippen molar-refractivity contribution >= 4 is 19.2 Å². The Kier molecular flexibility index (Phi) is 6.10. The molecule has 0 bridgehead atoms. The van der Waals surface area contributed by atoms with Crippen LogP contribution in [0.15, 0.2) is 133 Å². The molecule has 5 rings (SSSR count). The molecule has 5 aromatic carbocycles. The van der Waals surface area contributed by atoms with Gasteiger partial charge < -0.3 is 4.74 Å². The van der Waals surface area contributed by atoms with Gasteiger partial charge in [0.2, 0.25) is 0 Å². The van der Waals surface area contributed by atoms with E-state index in [9.17, 15) is 0 Å². The van der Waals surface area contributed by atoms with Crippen LogP contribution in [0.3, 0.4) is 0 Å². The first kappa shape index (κ1) is 20.2. The predicted molar refractivity (Wildman–Crippen MR) is 138 cm³/mol. The lowest BCUT2D eigenvalue weighted by atomic mass is 10.0. The maximum Gasteiger partial charge on any atom is 0.135 e. The summed E-state index contributed by atoms with van der Waals surface area (Å²) in [6.45, 7) is 0. The Morgan fingerprint density at radius 3 is 1.75 bits per heavy atom. The third-order valence-electron chi connectivity index (χ3n) is 5.34. The van der Waals surface area contributed by atoms with E-state index < -0.39 is 0 Å². The first-order valence-electron chi connectivity index (χ1n) is 10.7. The normalized spacial score (nSPS) is 11.0. The van der Waals surface area contributed by atoms with Crippen molar-refractivity contribution in [3.8, 4) is 33.8 Å². The molecule has 0 spiro atoms. The lowest BCUT2D eigenvalue weighted by Crippen LogP contribution is -2.05. The van der Waals surface area contributed by atoms with Gasteiger partial charge in [0.1, 0.15) is 11.5 Å². The number of hydrogen-bond acceptors (Lipinski definition) is 1. The molecule has 154 valence electrons. The van der Waals surface area contributed by atoms with Crippen molar-refractivity contribution < 1.29 is 4.74 Å². The number of hydrogen-bond donors (Lipinski definition) is 0. The van der Waals surface area contributed by atoms with Crippen LogP contribution in [0.25, 0.3) is 22.3 Å². The zero-order valence-electron chi connectivity index (χ0n) is 17.6. The van der Waals surface area contributed by atoms with E-state index in [1.165, 1.54) is 21.7 Å². The van der Waals surface area contributed by atoms with Crippen LogP contribution in [0.2, 0.25) is 0 Å². The Balaban J connectivity index is 1.40. The summed E-state index contributed by atoms with van der Waals surface area (Å²) in [5.74, 6) is 1.69. The molecule has 2 heteroatoms. The highest BCUT2D eigenvalue weighted by Crippen LogP contribution is 2.34. The van der Waals surface area contributed by atoms with E-state index in [1.807, 2.05) is 24.3 Å². The van der Waals surface area contributed by atoms with Gasteiger partial charge in [-0.15, -0.1) is 0 Å². The molecule has 0 saturated heterocycles. The first-order chi connectivity index (χ1) is 15.9. The van der Waals surface area contributed by atoms with Crippen molar-refractivity contribution in [3.05, 3.63) is 133 Å². The maximum absolute atomic E-state index is 6.28. The molecule has 1 unspecified atom stereocenters. The highest BCUT2D eigenvalue weighted by atomic mass is 31.1. The van der Waals surface area contributed by atoms with Crippen LogP contribution in [0.4, 0.5) is 0 Å². The summed E-state index contributed by atoms with van der Waals surface area (Å²) in [4.78, 5) is 0. The van der Waals surface area contributed by atoms with Crippen molar-refractivity contribution in [1.82, 2.24) is 0 Å². The van der Waals surface area contributed by atoms with Crippen molar-refractivity contribution in [3.63, 3.8) is 0 Å². The molecular formula is C30H23OP. The van der Waals surface area contributed by atoms with Gasteiger partial charge in [-0.05, 0) is 45.5 Å². The minimum absolute atomic E-state index is 0.627. The summed E-state index contributed by atoms with van der Waals surface area (Å²) in [5.41, 5.74) is 4.71. The van der Waals surface area contributed by atoms with Crippen LogP contribution in [0, 0.1) is 0 Å². The van der Waals surface area contributed by atoms with Crippen molar-refractivity contribution in [1.29, 1.82) is 0 Å². The third-order valence-corrected chi connectivity index (χ3v) is 6.67. The van der Waals surface area contributed by atoms with E-state index in [-0.39, 0.29) is 0 Å². The molecular weight excluding hydrogens is 407 g/mol. The van der Waals surface area contributed by atoms with E-state index in [4.69, 9.17) is 4.74 Å². The molecule has 0 radical (unpaired) electrons. The summed E-state index contributed by atoms with van der Waals surface area (Å²) in [6, 6.07) is 46.2. The van der Waals surface area contributed by atoms with E-state index >= 15 is 0 Å². The van der Waals surface area contributed by atoms with E-state index in [0.29, 0.717) is 8.58 Å². The summed E-state index contributed by atoms with van der Waals surface area (Å²) >= 11 is 0. The van der Waals surface area contributed by atoms with Crippen LogP contribution in [0.5, 0.6) is 11.5 Å². The van der Waals surface area contributed by atoms with Crippen molar-refractivity contribution in [2.24, 2.45) is 0 Å². The molecule has 1 atom stereocenters. The monoisotopic (exact) mass is 430 g/mol. The van der Waals surface area contributed by atoms with Crippen LogP contribution >= 0.6 is 8.58 Å². The van der Waals surface area contributed by atoms with Gasteiger partial charge in [0, 0.05) is 5.56 Å². The lowest BCUT2D eigenvalue weighted by Gasteiger charge is -2.13. The van der Waals surface area contributed by atoms with E-state index in [2.05, 4.69) is 109 Å². The topological polar surface area (TPSA) is 9.23 Å². The molecule has 0 aliphatic heterocycles. The fourth-order valence-corrected chi connectivity index (χ4v) is 4.97. The Morgan fingerprint density at radius 2 is 1.00 bits per heavy atom. The molecule has 5 aromatic rings. The van der Waals surface area contributed by atoms with Crippen LogP contribution in [-0.4, -0.2) is 0 Å². The summed E-state index contributed by atoms with van der Waals surface area (Å²) in [7, 11) is 0.627. The molecule has 0 amide bonds. The standard InChI is InChI=1S/C30H23OP/c1-3-11-23(12-4-1)27-15-7-9-17-29(27)31-25-21-19-24(20-22-25)28-16-8-10-18-30(28)32-26-13-5-2-6-14-26/h1-22,32H. The van der Waals surface area contributed by atoms with Crippen LogP contribution in [-0.2, 0) is 0 Å². The number of benzene rings is 5. The zero-order chi connectivity index (χ0) is 21.6. The number of rotatable bonds is 6. The molecule has 0 saturated carbocycles. The average molecular weight is 430 g/mol. The second kappa shape index (κ2) is 9.64. The van der Waals surface area contributed by atoms with E-state index in [1.54, 1.807) is 0 Å². The van der Waals surface area contributed by atoms with Crippen molar-refractivity contribution in [2.45, 2.75) is 0 Å². The van der Waals surface area contributed by atoms with Gasteiger partial charge in [-0.2, -0.15) is 0 Å². The first-order valence-corrected chi connectivity index (χ1v) is 11.7. The zero-order valence-corrected chi connectivity index (χ0v) is 18.6. The van der Waals surface area contributed by atoms with E-state index in [0.717, 1.165) is 22.6 Å². The fraction of sp³-hybridized carbons (Fsp3) is 0. The summed E-state index contributed by atoms with van der Waals surface area (Å²) in [5, 5.41) is 2.69. The van der Waals surface area contributed by atoms with Gasteiger partial charge in [-0.25, -0.2) is 0 Å². The largest absolute Gasteiger partial charge is 0.457 e. The second-order valence-electron chi connectivity index (χ2n) is 7.53. The number of ether oxygens (including phenoxy) is 1. The Morgan fingerprint density at radius 1 is 0.438 bits per heavy atom. The van der Waals surface area contributed by atoms with Crippen LogP contribution in [0.1, 0.15) is 0 Å². The molecule has 0 aliphatic rings. The average Bonchev–Trinajstić information content (AvgIpc) is 2.87. The predicted octanol–water partition coefficient (Wildman–Crippen LogP) is 7.44. The van der Waals surface area contributed by atoms with Crippen molar-refractivity contribution in [2.75, 3.05) is 0 Å². The molecule has 0 aromatic heterocycles. The molecule has 0 heterocycles. The Bertz CT molecular complexity index is 1300. The molecule has 0 fully saturated rings. The minimum atomic E-state index is 0.627. The maximum atomic E-state index is 6.28. The fourth-order valence-electron chi connectivity index (χ4n) is 3.76. The van der Waals surface area contributed by atoms with Gasteiger partial charge in [0.05, 0.1) is 0 Å². The number of para-hydroxylation sites is 1. The summed E-state index contributed by atoms with van der Waals surface area (Å²) in [6.07, 6.45) is 0. The quantitative estimate of drug-likeness (QED) is 0.254. The third kappa shape index (κ3) is 4.64. The molecule has 0 N–H and O–H groups in total. The smallest absolute Gasteiger partial charge is 0.135 e. The SMILES string of the molecule is c1ccc(Pc2ccccc2-c2ccc(Oc3ccccc3-c3ccccc3)cc2)cc1. The highest BCUT2D eigenvalue weighted by Gasteiger charge is 2.09.